The molecule has 1 N–H and O–H groups in total. The van der Waals surface area contributed by atoms with Crippen LogP contribution < -0.4 is 5.32 Å². The van der Waals surface area contributed by atoms with Crippen LogP contribution in [0.2, 0.25) is 0 Å². The van der Waals surface area contributed by atoms with Gasteiger partial charge in [-0.05, 0) is 25.1 Å². The molecular formula is C13H17ClN4O. The molecule has 5 nitrogen and oxygen atoms in total. The number of pyridine rings is 1. The molecular weight excluding hydrogens is 264 g/mol. The number of nitrogens with zero attached hydrogens (tertiary/aromatic N) is 3. The minimum absolute atomic E-state index is 0. The highest BCUT2D eigenvalue weighted by molar-refractivity contribution is 6.00. The lowest BCUT2D eigenvalue weighted by molar-refractivity contribution is 0.0768. The second kappa shape index (κ2) is 6.04. The Bertz CT molecular complexity index is 561. The van der Waals surface area contributed by atoms with Crippen molar-refractivity contribution in [2.75, 3.05) is 26.2 Å². The van der Waals surface area contributed by atoms with Crippen molar-refractivity contribution in [3.05, 3.63) is 36.2 Å². The number of aromatic nitrogens is 2. The summed E-state index contributed by atoms with van der Waals surface area (Å²) < 4.78 is 1.74. The lowest BCUT2D eigenvalue weighted by atomic mass is 10.2. The van der Waals surface area contributed by atoms with Crippen molar-refractivity contribution in [2.24, 2.45) is 0 Å². The topological polar surface area (TPSA) is 49.6 Å². The lowest BCUT2D eigenvalue weighted by Crippen LogP contribution is -2.34. The maximum absolute atomic E-state index is 12.5. The van der Waals surface area contributed by atoms with Gasteiger partial charge in [-0.15, -0.1) is 12.4 Å². The van der Waals surface area contributed by atoms with Crippen molar-refractivity contribution in [3.63, 3.8) is 0 Å². The van der Waals surface area contributed by atoms with E-state index in [0.717, 1.165) is 38.1 Å². The highest BCUT2D eigenvalue weighted by Crippen LogP contribution is 2.13. The molecule has 19 heavy (non-hydrogen) atoms. The zero-order valence-electron chi connectivity index (χ0n) is 10.6. The molecule has 0 aromatic carbocycles. The van der Waals surface area contributed by atoms with E-state index in [4.69, 9.17) is 0 Å². The SMILES string of the molecule is Cl.O=C(c1cnn2ccccc12)N1CCCNCC1. The first-order valence-corrected chi connectivity index (χ1v) is 6.28. The van der Waals surface area contributed by atoms with Crippen LogP contribution in [0.1, 0.15) is 16.8 Å². The van der Waals surface area contributed by atoms with Crippen LogP contribution >= 0.6 is 12.4 Å². The van der Waals surface area contributed by atoms with Gasteiger partial charge in [-0.1, -0.05) is 6.07 Å². The van der Waals surface area contributed by atoms with Gasteiger partial charge in [0.05, 0.1) is 17.3 Å². The molecule has 0 atom stereocenters. The van der Waals surface area contributed by atoms with Gasteiger partial charge in [0.2, 0.25) is 0 Å². The number of rotatable bonds is 1. The van der Waals surface area contributed by atoms with Crippen LogP contribution in [0.3, 0.4) is 0 Å². The standard InChI is InChI=1S/C13H16N4O.ClH/c18-13(16-7-3-5-14-6-9-16)11-10-15-17-8-2-1-4-12(11)17;/h1-2,4,8,10,14H,3,5-7,9H2;1H. The molecule has 1 saturated heterocycles. The van der Waals surface area contributed by atoms with Gasteiger partial charge >= 0.3 is 0 Å². The van der Waals surface area contributed by atoms with Crippen LogP contribution in [-0.4, -0.2) is 46.6 Å². The Hall–Kier alpha value is -1.59. The second-order valence-electron chi connectivity index (χ2n) is 4.48. The van der Waals surface area contributed by atoms with Gasteiger partial charge in [-0.3, -0.25) is 4.79 Å². The Morgan fingerprint density at radius 3 is 3.05 bits per heavy atom. The molecule has 0 radical (unpaired) electrons. The highest BCUT2D eigenvalue weighted by Gasteiger charge is 2.20. The van der Waals surface area contributed by atoms with E-state index in [1.807, 2.05) is 29.3 Å². The smallest absolute Gasteiger partial charge is 0.257 e. The average Bonchev–Trinajstić information content (AvgIpc) is 2.65. The summed E-state index contributed by atoms with van der Waals surface area (Å²) in [7, 11) is 0. The van der Waals surface area contributed by atoms with Crippen molar-refractivity contribution >= 4 is 23.8 Å². The van der Waals surface area contributed by atoms with E-state index >= 15 is 0 Å². The molecule has 0 aliphatic carbocycles. The minimum Gasteiger partial charge on any atom is -0.337 e. The summed E-state index contributed by atoms with van der Waals surface area (Å²) in [6.07, 6.45) is 4.52. The molecule has 0 saturated carbocycles. The average molecular weight is 281 g/mol. The van der Waals surface area contributed by atoms with Crippen LogP contribution in [0.25, 0.3) is 5.52 Å². The van der Waals surface area contributed by atoms with E-state index in [0.29, 0.717) is 5.56 Å². The van der Waals surface area contributed by atoms with Crippen molar-refractivity contribution in [3.8, 4) is 0 Å². The summed E-state index contributed by atoms with van der Waals surface area (Å²) in [4.78, 5) is 14.4. The maximum Gasteiger partial charge on any atom is 0.257 e. The Morgan fingerprint density at radius 2 is 2.16 bits per heavy atom. The van der Waals surface area contributed by atoms with Gasteiger partial charge in [0.15, 0.2) is 0 Å². The summed E-state index contributed by atoms with van der Waals surface area (Å²) in [5.41, 5.74) is 1.57. The van der Waals surface area contributed by atoms with E-state index in [-0.39, 0.29) is 18.3 Å². The number of amides is 1. The van der Waals surface area contributed by atoms with Crippen molar-refractivity contribution in [1.29, 1.82) is 0 Å². The number of halogens is 1. The van der Waals surface area contributed by atoms with Crippen LogP contribution in [0, 0.1) is 0 Å². The molecule has 2 aromatic rings. The molecule has 2 aromatic heterocycles. The Morgan fingerprint density at radius 1 is 1.26 bits per heavy atom. The lowest BCUT2D eigenvalue weighted by Gasteiger charge is -2.19. The first-order valence-electron chi connectivity index (χ1n) is 6.28. The number of hydrogen-bond acceptors (Lipinski definition) is 3. The Labute approximate surface area is 118 Å². The molecule has 1 fully saturated rings. The summed E-state index contributed by atoms with van der Waals surface area (Å²) in [5.74, 6) is 0.0832. The third kappa shape index (κ3) is 2.72. The van der Waals surface area contributed by atoms with Gasteiger partial charge < -0.3 is 10.2 Å². The van der Waals surface area contributed by atoms with E-state index in [2.05, 4.69) is 10.4 Å². The molecule has 0 spiro atoms. The van der Waals surface area contributed by atoms with Crippen LogP contribution in [-0.2, 0) is 0 Å². The van der Waals surface area contributed by atoms with Crippen molar-refractivity contribution in [2.45, 2.75) is 6.42 Å². The predicted octanol–water partition coefficient (Wildman–Crippen LogP) is 1.19. The van der Waals surface area contributed by atoms with Crippen LogP contribution in [0.5, 0.6) is 0 Å². The van der Waals surface area contributed by atoms with Gasteiger partial charge in [-0.2, -0.15) is 5.10 Å². The number of carbonyl (C=O) groups is 1. The fraction of sp³-hybridized carbons (Fsp3) is 0.385. The fourth-order valence-electron chi connectivity index (χ4n) is 2.32. The summed E-state index contributed by atoms with van der Waals surface area (Å²) in [6.45, 7) is 3.43. The normalized spacial score (nSPS) is 15.9. The molecule has 1 aliphatic heterocycles. The van der Waals surface area contributed by atoms with Gasteiger partial charge in [0.1, 0.15) is 0 Å². The van der Waals surface area contributed by atoms with Crippen molar-refractivity contribution < 1.29 is 4.79 Å². The molecule has 1 amide bonds. The van der Waals surface area contributed by atoms with Crippen LogP contribution in [0.4, 0.5) is 0 Å². The summed E-state index contributed by atoms with van der Waals surface area (Å²) in [5, 5.41) is 7.51. The van der Waals surface area contributed by atoms with E-state index in [1.165, 1.54) is 0 Å². The highest BCUT2D eigenvalue weighted by atomic mass is 35.5. The number of fused-ring (bicyclic) bond motifs is 1. The van der Waals surface area contributed by atoms with E-state index in [9.17, 15) is 4.79 Å². The third-order valence-electron chi connectivity index (χ3n) is 3.28. The Kier molecular flexibility index (Phi) is 4.39. The number of nitrogens with one attached hydrogen (secondary N) is 1. The maximum atomic E-state index is 12.5. The van der Waals surface area contributed by atoms with Gasteiger partial charge in [0.25, 0.3) is 5.91 Å². The second-order valence-corrected chi connectivity index (χ2v) is 4.48. The summed E-state index contributed by atoms with van der Waals surface area (Å²) in [6, 6.07) is 5.76. The molecule has 1 aliphatic rings. The summed E-state index contributed by atoms with van der Waals surface area (Å²) >= 11 is 0. The molecule has 102 valence electrons. The monoisotopic (exact) mass is 280 g/mol. The van der Waals surface area contributed by atoms with Gasteiger partial charge in [0, 0.05) is 25.8 Å². The number of hydrogen-bond donors (Lipinski definition) is 1. The zero-order valence-corrected chi connectivity index (χ0v) is 11.4. The number of carbonyl (C=O) groups excluding carboxylic acids is 1. The molecule has 0 unspecified atom stereocenters. The Balaban J connectivity index is 0.00000133. The molecule has 3 heterocycles. The molecule has 3 rings (SSSR count). The first-order chi connectivity index (χ1) is 8.86. The van der Waals surface area contributed by atoms with E-state index in [1.54, 1.807) is 10.7 Å². The third-order valence-corrected chi connectivity index (χ3v) is 3.28. The fourth-order valence-corrected chi connectivity index (χ4v) is 2.32. The largest absolute Gasteiger partial charge is 0.337 e. The molecule has 0 bridgehead atoms. The van der Waals surface area contributed by atoms with Crippen molar-refractivity contribution in [1.82, 2.24) is 19.8 Å². The molecule has 6 heteroatoms. The minimum atomic E-state index is 0. The predicted molar refractivity (Wildman–Crippen MR) is 75.8 cm³/mol. The zero-order chi connectivity index (χ0) is 12.4. The van der Waals surface area contributed by atoms with E-state index < -0.39 is 0 Å². The van der Waals surface area contributed by atoms with Gasteiger partial charge in [-0.25, -0.2) is 4.52 Å². The quantitative estimate of drug-likeness (QED) is 0.854. The van der Waals surface area contributed by atoms with Crippen LogP contribution in [0.15, 0.2) is 30.6 Å². The first kappa shape index (κ1) is 13.8.